The Balaban J connectivity index is 1.48. The van der Waals surface area contributed by atoms with E-state index < -0.39 is 11.4 Å². The summed E-state index contributed by atoms with van der Waals surface area (Å²) in [4.78, 5) is 24.7. The van der Waals surface area contributed by atoms with E-state index in [1.54, 1.807) is 0 Å². The van der Waals surface area contributed by atoms with Crippen molar-refractivity contribution in [3.8, 4) is 16.9 Å². The average molecular weight is 437 g/mol. The number of aryl methyl sites for hydroxylation is 2. The molecule has 0 radical (unpaired) electrons. The fourth-order valence-electron chi connectivity index (χ4n) is 3.53. The second-order valence-electron chi connectivity index (χ2n) is 7.36. The zero-order chi connectivity index (χ0) is 22.0. The minimum Gasteiger partial charge on any atom is -0.489 e. The average Bonchev–Trinajstić information content (AvgIpc) is 3.06. The molecule has 0 fully saturated rings. The Labute approximate surface area is 183 Å². The van der Waals surface area contributed by atoms with Crippen LogP contribution in [0.25, 0.3) is 11.1 Å². The predicted molar refractivity (Wildman–Crippen MR) is 120 cm³/mol. The summed E-state index contributed by atoms with van der Waals surface area (Å²) in [6, 6.07) is 19.4. The van der Waals surface area contributed by atoms with Crippen molar-refractivity contribution in [2.24, 2.45) is 0 Å². The lowest BCUT2D eigenvalue weighted by atomic mass is 9.94. The Hall–Kier alpha value is -3.51. The number of ether oxygens (including phenoxy) is 1. The fraction of sp³-hybridized carbons (Fsp3) is 0.167. The summed E-state index contributed by atoms with van der Waals surface area (Å²) >= 11 is 6.49. The van der Waals surface area contributed by atoms with Crippen LogP contribution in [0.15, 0.2) is 74.8 Å². The largest absolute Gasteiger partial charge is 0.489 e. The highest BCUT2D eigenvalue weighted by Gasteiger charge is 2.11. The molecule has 0 spiro atoms. The third kappa shape index (κ3) is 4.64. The normalized spacial score (nSPS) is 10.9. The summed E-state index contributed by atoms with van der Waals surface area (Å²) < 4.78 is 11.7. The molecule has 0 amide bonds. The second kappa shape index (κ2) is 8.70. The van der Waals surface area contributed by atoms with E-state index in [2.05, 4.69) is 37.0 Å². The molecule has 7 heteroatoms. The number of aromatic amines is 1. The van der Waals surface area contributed by atoms with E-state index in [4.69, 9.17) is 20.9 Å². The molecule has 0 saturated carbocycles. The van der Waals surface area contributed by atoms with Crippen molar-refractivity contribution in [1.82, 2.24) is 9.72 Å². The summed E-state index contributed by atoms with van der Waals surface area (Å²) in [6.07, 6.45) is 0. The van der Waals surface area contributed by atoms with Crippen molar-refractivity contribution in [3.63, 3.8) is 0 Å². The van der Waals surface area contributed by atoms with Crippen LogP contribution >= 0.6 is 11.6 Å². The Morgan fingerprint density at radius 2 is 1.65 bits per heavy atom. The van der Waals surface area contributed by atoms with Crippen molar-refractivity contribution in [3.05, 3.63) is 109 Å². The fourth-order valence-corrected chi connectivity index (χ4v) is 3.75. The van der Waals surface area contributed by atoms with Crippen LogP contribution in [0.3, 0.4) is 0 Å². The minimum atomic E-state index is -0.770. The molecule has 158 valence electrons. The SMILES string of the molecule is Cc1cccc(C)c1-c1cc(COc2ccc(Cn3oc(=O)[nH]c3=O)cc2)ccc1Cl. The van der Waals surface area contributed by atoms with E-state index in [9.17, 15) is 9.59 Å². The predicted octanol–water partition coefficient (Wildman–Crippen LogP) is 4.69. The number of hydrogen-bond acceptors (Lipinski definition) is 4. The van der Waals surface area contributed by atoms with Gasteiger partial charge in [-0.15, -0.1) is 4.74 Å². The molecule has 1 N–H and O–H groups in total. The van der Waals surface area contributed by atoms with Crippen LogP contribution in [-0.4, -0.2) is 9.72 Å². The molecular weight excluding hydrogens is 416 g/mol. The Morgan fingerprint density at radius 1 is 0.968 bits per heavy atom. The number of nitrogens with one attached hydrogen (secondary N) is 1. The maximum absolute atomic E-state index is 11.5. The standard InChI is InChI=1S/C24H21ClN2O4/c1-15-4-3-5-16(2)22(15)20-12-18(8-11-21(20)25)14-30-19-9-6-17(7-10-19)13-27-23(28)26-24(29)31-27/h3-12H,13-14H2,1-2H3,(H,26,28,29). The summed E-state index contributed by atoms with van der Waals surface area (Å²) in [7, 11) is 0. The first-order valence-electron chi connectivity index (χ1n) is 9.78. The number of halogens is 1. The lowest BCUT2D eigenvalue weighted by molar-refractivity contribution is 0.258. The summed E-state index contributed by atoms with van der Waals surface area (Å²) in [5, 5.41) is 0.706. The van der Waals surface area contributed by atoms with Gasteiger partial charge in [-0.3, -0.25) is 0 Å². The maximum atomic E-state index is 11.5. The van der Waals surface area contributed by atoms with E-state index >= 15 is 0 Å². The molecule has 0 aliphatic rings. The van der Waals surface area contributed by atoms with Crippen molar-refractivity contribution in [2.75, 3.05) is 0 Å². The van der Waals surface area contributed by atoms with Crippen LogP contribution in [0, 0.1) is 13.8 Å². The monoisotopic (exact) mass is 436 g/mol. The molecule has 0 aliphatic carbocycles. The van der Waals surface area contributed by atoms with Gasteiger partial charge in [0.15, 0.2) is 0 Å². The number of H-pyrrole nitrogens is 1. The minimum absolute atomic E-state index is 0.161. The number of nitrogens with zero attached hydrogens (tertiary/aromatic N) is 1. The van der Waals surface area contributed by atoms with E-state index in [1.807, 2.05) is 42.5 Å². The van der Waals surface area contributed by atoms with Gasteiger partial charge in [0.25, 0.3) is 0 Å². The molecule has 31 heavy (non-hydrogen) atoms. The van der Waals surface area contributed by atoms with Gasteiger partial charge < -0.3 is 9.26 Å². The van der Waals surface area contributed by atoms with Gasteiger partial charge in [0.05, 0.1) is 6.54 Å². The molecule has 0 atom stereocenters. The van der Waals surface area contributed by atoms with Gasteiger partial charge in [0.2, 0.25) is 0 Å². The highest BCUT2D eigenvalue weighted by Crippen LogP contribution is 2.34. The van der Waals surface area contributed by atoms with Crippen LogP contribution < -0.4 is 16.2 Å². The maximum Gasteiger partial charge on any atom is 0.440 e. The molecule has 6 nitrogen and oxygen atoms in total. The highest BCUT2D eigenvalue weighted by molar-refractivity contribution is 6.33. The number of benzene rings is 3. The van der Waals surface area contributed by atoms with Crippen molar-refractivity contribution >= 4 is 11.6 Å². The molecule has 1 aromatic heterocycles. The van der Waals surface area contributed by atoms with Crippen LogP contribution in [-0.2, 0) is 13.2 Å². The molecular formula is C24H21ClN2O4. The van der Waals surface area contributed by atoms with Crippen LogP contribution in [0.5, 0.6) is 5.75 Å². The van der Waals surface area contributed by atoms with Gasteiger partial charge in [0, 0.05) is 10.6 Å². The second-order valence-corrected chi connectivity index (χ2v) is 7.77. The quantitative estimate of drug-likeness (QED) is 0.475. The topological polar surface area (TPSA) is 77.2 Å². The van der Waals surface area contributed by atoms with Crippen molar-refractivity contribution < 1.29 is 9.26 Å². The Kier molecular flexibility index (Phi) is 5.82. The van der Waals surface area contributed by atoms with Crippen molar-refractivity contribution in [2.45, 2.75) is 27.0 Å². The van der Waals surface area contributed by atoms with E-state index in [-0.39, 0.29) is 6.54 Å². The van der Waals surface area contributed by atoms with E-state index in [0.29, 0.717) is 17.4 Å². The number of hydrogen-bond donors (Lipinski definition) is 1. The van der Waals surface area contributed by atoms with Gasteiger partial charge in [-0.05, 0) is 65.9 Å². The molecule has 4 rings (SSSR count). The van der Waals surface area contributed by atoms with Crippen LogP contribution in [0.4, 0.5) is 0 Å². The first kappa shape index (κ1) is 20.8. The lowest BCUT2D eigenvalue weighted by Crippen LogP contribution is -2.17. The van der Waals surface area contributed by atoms with Crippen molar-refractivity contribution in [1.29, 1.82) is 0 Å². The summed E-state index contributed by atoms with van der Waals surface area (Å²) in [6.45, 7) is 4.71. The molecule has 0 aliphatic heterocycles. The van der Waals surface area contributed by atoms with E-state index in [1.165, 1.54) is 11.1 Å². The highest BCUT2D eigenvalue weighted by atomic mass is 35.5. The first-order chi connectivity index (χ1) is 14.9. The molecule has 1 heterocycles. The third-order valence-electron chi connectivity index (χ3n) is 5.06. The molecule has 0 saturated heterocycles. The van der Waals surface area contributed by atoms with Gasteiger partial charge in [-0.2, -0.15) is 0 Å². The van der Waals surface area contributed by atoms with Gasteiger partial charge >= 0.3 is 11.4 Å². The molecule has 0 bridgehead atoms. The van der Waals surface area contributed by atoms with Gasteiger partial charge in [0.1, 0.15) is 12.4 Å². The van der Waals surface area contributed by atoms with E-state index in [0.717, 1.165) is 27.0 Å². The smallest absolute Gasteiger partial charge is 0.440 e. The summed E-state index contributed by atoms with van der Waals surface area (Å²) in [5.74, 6) is -0.0802. The molecule has 3 aromatic carbocycles. The first-order valence-corrected chi connectivity index (χ1v) is 10.2. The Bertz CT molecular complexity index is 1310. The van der Waals surface area contributed by atoms with Gasteiger partial charge in [-0.25, -0.2) is 14.6 Å². The molecule has 0 unspecified atom stereocenters. The molecule has 4 aromatic rings. The number of rotatable bonds is 6. The third-order valence-corrected chi connectivity index (χ3v) is 5.39. The number of aromatic nitrogens is 2. The van der Waals surface area contributed by atoms with Gasteiger partial charge in [-0.1, -0.05) is 48.0 Å². The Morgan fingerprint density at radius 3 is 2.29 bits per heavy atom. The van der Waals surface area contributed by atoms with Crippen LogP contribution in [0.2, 0.25) is 5.02 Å². The zero-order valence-corrected chi connectivity index (χ0v) is 17.9. The zero-order valence-electron chi connectivity index (χ0n) is 17.1. The van der Waals surface area contributed by atoms with Crippen LogP contribution in [0.1, 0.15) is 22.3 Å². The summed E-state index contributed by atoms with van der Waals surface area (Å²) in [5.41, 5.74) is 5.72. The lowest BCUT2D eigenvalue weighted by Gasteiger charge is -2.14.